The molecule has 3 rings (SSSR count). The molecule has 0 fully saturated rings. The molecular weight excluding hydrogens is 358 g/mol. The molecule has 1 amide bonds. The summed E-state index contributed by atoms with van der Waals surface area (Å²) in [5, 5.41) is 2.52. The van der Waals surface area contributed by atoms with Crippen molar-refractivity contribution in [1.29, 1.82) is 0 Å². The van der Waals surface area contributed by atoms with Crippen LogP contribution in [0.25, 0.3) is 0 Å². The Morgan fingerprint density at radius 3 is 2.44 bits per heavy atom. The summed E-state index contributed by atoms with van der Waals surface area (Å²) < 4.78 is 42.1. The SMILES string of the molecule is COc1ccc(OCc2nc(C(=O)NCc3cc(F)cc(F)c3)co2)cc1. The van der Waals surface area contributed by atoms with Gasteiger partial charge in [0, 0.05) is 12.6 Å². The van der Waals surface area contributed by atoms with Crippen molar-refractivity contribution in [2.45, 2.75) is 13.2 Å². The molecular formula is C19H16F2N2O4. The molecule has 0 saturated carbocycles. The number of benzene rings is 2. The summed E-state index contributed by atoms with van der Waals surface area (Å²) in [5.74, 6) is -0.437. The average molecular weight is 374 g/mol. The Morgan fingerprint density at radius 2 is 1.78 bits per heavy atom. The van der Waals surface area contributed by atoms with Crippen molar-refractivity contribution in [1.82, 2.24) is 10.3 Å². The van der Waals surface area contributed by atoms with Crippen molar-refractivity contribution in [3.8, 4) is 11.5 Å². The summed E-state index contributed by atoms with van der Waals surface area (Å²) in [4.78, 5) is 16.1. The Labute approximate surface area is 153 Å². The van der Waals surface area contributed by atoms with Gasteiger partial charge in [-0.25, -0.2) is 13.8 Å². The molecule has 1 N–H and O–H groups in total. The Morgan fingerprint density at radius 1 is 1.11 bits per heavy atom. The summed E-state index contributed by atoms with van der Waals surface area (Å²) in [7, 11) is 1.57. The van der Waals surface area contributed by atoms with Gasteiger partial charge in [-0.05, 0) is 42.0 Å². The number of carbonyl (C=O) groups excluding carboxylic acids is 1. The smallest absolute Gasteiger partial charge is 0.273 e. The second-order valence-corrected chi connectivity index (χ2v) is 5.55. The van der Waals surface area contributed by atoms with Gasteiger partial charge in [0.1, 0.15) is 29.4 Å². The highest BCUT2D eigenvalue weighted by molar-refractivity contribution is 5.91. The zero-order valence-electron chi connectivity index (χ0n) is 14.4. The van der Waals surface area contributed by atoms with E-state index in [0.29, 0.717) is 17.1 Å². The van der Waals surface area contributed by atoms with Crippen LogP contribution in [-0.2, 0) is 13.2 Å². The fourth-order valence-electron chi connectivity index (χ4n) is 2.28. The van der Waals surface area contributed by atoms with Gasteiger partial charge in [0.2, 0.25) is 5.89 Å². The quantitative estimate of drug-likeness (QED) is 0.686. The summed E-state index contributed by atoms with van der Waals surface area (Å²) in [5.41, 5.74) is 0.340. The van der Waals surface area contributed by atoms with E-state index in [-0.39, 0.29) is 24.7 Å². The number of methoxy groups -OCH3 is 1. The number of nitrogens with zero attached hydrogens (tertiary/aromatic N) is 1. The Balaban J connectivity index is 1.53. The Hall–Kier alpha value is -3.42. The highest BCUT2D eigenvalue weighted by atomic mass is 19.1. The fraction of sp³-hybridized carbons (Fsp3) is 0.158. The predicted molar refractivity (Wildman–Crippen MR) is 91.4 cm³/mol. The number of hydrogen-bond acceptors (Lipinski definition) is 5. The average Bonchev–Trinajstić information content (AvgIpc) is 3.13. The first-order chi connectivity index (χ1) is 13.0. The van der Waals surface area contributed by atoms with Crippen molar-refractivity contribution >= 4 is 5.91 Å². The lowest BCUT2D eigenvalue weighted by molar-refractivity contribution is 0.0945. The minimum absolute atomic E-state index is 0.0364. The van der Waals surface area contributed by atoms with Gasteiger partial charge in [-0.1, -0.05) is 0 Å². The molecule has 0 aliphatic rings. The number of hydrogen-bond donors (Lipinski definition) is 1. The lowest BCUT2D eigenvalue weighted by Crippen LogP contribution is -2.23. The van der Waals surface area contributed by atoms with E-state index < -0.39 is 17.5 Å². The molecule has 2 aromatic carbocycles. The van der Waals surface area contributed by atoms with Crippen LogP contribution < -0.4 is 14.8 Å². The number of amides is 1. The lowest BCUT2D eigenvalue weighted by Gasteiger charge is -2.04. The van der Waals surface area contributed by atoms with Gasteiger partial charge in [0.15, 0.2) is 12.3 Å². The molecule has 0 bridgehead atoms. The monoisotopic (exact) mass is 374 g/mol. The molecule has 1 heterocycles. The van der Waals surface area contributed by atoms with Gasteiger partial charge in [0.25, 0.3) is 5.91 Å². The summed E-state index contributed by atoms with van der Waals surface area (Å²) in [6.45, 7) is -0.00717. The highest BCUT2D eigenvalue weighted by Crippen LogP contribution is 2.18. The molecule has 1 aromatic heterocycles. The van der Waals surface area contributed by atoms with Gasteiger partial charge in [-0.2, -0.15) is 0 Å². The maximum absolute atomic E-state index is 13.1. The van der Waals surface area contributed by atoms with Crippen LogP contribution in [0.5, 0.6) is 11.5 Å². The number of rotatable bonds is 7. The molecule has 0 aliphatic carbocycles. The molecule has 6 nitrogen and oxygen atoms in total. The number of oxazole rings is 1. The third kappa shape index (κ3) is 5.04. The van der Waals surface area contributed by atoms with Gasteiger partial charge in [-0.15, -0.1) is 0 Å². The van der Waals surface area contributed by atoms with Gasteiger partial charge >= 0.3 is 0 Å². The Bertz CT molecular complexity index is 905. The summed E-state index contributed by atoms with van der Waals surface area (Å²) in [6.07, 6.45) is 1.19. The van der Waals surface area contributed by atoms with Crippen LogP contribution in [0.15, 0.2) is 53.1 Å². The first-order valence-corrected chi connectivity index (χ1v) is 7.98. The highest BCUT2D eigenvalue weighted by Gasteiger charge is 2.13. The van der Waals surface area contributed by atoms with E-state index in [2.05, 4.69) is 10.3 Å². The molecule has 0 spiro atoms. The zero-order chi connectivity index (χ0) is 19.2. The van der Waals surface area contributed by atoms with Gasteiger partial charge in [0.05, 0.1) is 7.11 Å². The lowest BCUT2D eigenvalue weighted by atomic mass is 10.2. The molecule has 27 heavy (non-hydrogen) atoms. The Kier molecular flexibility index (Phi) is 5.65. The van der Waals surface area contributed by atoms with Crippen LogP contribution in [-0.4, -0.2) is 18.0 Å². The molecule has 0 unspecified atom stereocenters. The zero-order valence-corrected chi connectivity index (χ0v) is 14.4. The van der Waals surface area contributed by atoms with Crippen LogP contribution >= 0.6 is 0 Å². The van der Waals surface area contributed by atoms with E-state index in [0.717, 1.165) is 18.2 Å². The van der Waals surface area contributed by atoms with Crippen LogP contribution in [0.1, 0.15) is 21.9 Å². The van der Waals surface area contributed by atoms with Crippen molar-refractivity contribution < 1.29 is 27.5 Å². The summed E-state index contributed by atoms with van der Waals surface area (Å²) in [6, 6.07) is 10.00. The van der Waals surface area contributed by atoms with Crippen LogP contribution in [0.4, 0.5) is 8.78 Å². The number of nitrogens with one attached hydrogen (secondary N) is 1. The minimum Gasteiger partial charge on any atom is -0.497 e. The molecule has 0 saturated heterocycles. The number of aromatic nitrogens is 1. The first-order valence-electron chi connectivity index (χ1n) is 7.98. The topological polar surface area (TPSA) is 73.6 Å². The van der Waals surface area contributed by atoms with E-state index in [1.54, 1.807) is 31.4 Å². The number of halogens is 2. The first kappa shape index (κ1) is 18.4. The molecule has 8 heteroatoms. The molecule has 3 aromatic rings. The fourth-order valence-corrected chi connectivity index (χ4v) is 2.28. The summed E-state index contributed by atoms with van der Waals surface area (Å²) >= 11 is 0. The standard InChI is InChI=1S/C19H16F2N2O4/c1-25-15-2-4-16(5-3-15)26-11-18-23-17(10-27-18)19(24)22-9-12-6-13(20)8-14(21)7-12/h2-8,10H,9,11H2,1H3,(H,22,24). The van der Waals surface area contributed by atoms with Gasteiger partial charge in [-0.3, -0.25) is 4.79 Å². The van der Waals surface area contributed by atoms with Crippen molar-refractivity contribution in [2.24, 2.45) is 0 Å². The van der Waals surface area contributed by atoms with Crippen molar-refractivity contribution in [2.75, 3.05) is 7.11 Å². The minimum atomic E-state index is -0.710. The largest absolute Gasteiger partial charge is 0.497 e. The van der Waals surface area contributed by atoms with Crippen LogP contribution in [0, 0.1) is 11.6 Å². The van der Waals surface area contributed by atoms with Crippen molar-refractivity contribution in [3.63, 3.8) is 0 Å². The van der Waals surface area contributed by atoms with Crippen LogP contribution in [0.2, 0.25) is 0 Å². The van der Waals surface area contributed by atoms with E-state index in [1.807, 2.05) is 0 Å². The third-order valence-electron chi connectivity index (χ3n) is 3.58. The number of carbonyl (C=O) groups is 1. The maximum atomic E-state index is 13.1. The molecule has 140 valence electrons. The predicted octanol–water partition coefficient (Wildman–Crippen LogP) is 3.47. The molecule has 0 aliphatic heterocycles. The van der Waals surface area contributed by atoms with Crippen molar-refractivity contribution in [3.05, 3.63) is 77.5 Å². The van der Waals surface area contributed by atoms with Crippen LogP contribution in [0.3, 0.4) is 0 Å². The number of ether oxygens (including phenoxy) is 2. The second-order valence-electron chi connectivity index (χ2n) is 5.55. The normalized spacial score (nSPS) is 10.5. The third-order valence-corrected chi connectivity index (χ3v) is 3.58. The maximum Gasteiger partial charge on any atom is 0.273 e. The van der Waals surface area contributed by atoms with Gasteiger partial charge < -0.3 is 19.2 Å². The van der Waals surface area contributed by atoms with E-state index in [9.17, 15) is 13.6 Å². The van der Waals surface area contributed by atoms with E-state index in [4.69, 9.17) is 13.9 Å². The van der Waals surface area contributed by atoms with E-state index in [1.165, 1.54) is 6.26 Å². The molecule has 0 atom stereocenters. The molecule has 0 radical (unpaired) electrons. The second kappa shape index (κ2) is 8.31. The van der Waals surface area contributed by atoms with E-state index >= 15 is 0 Å².